The Hall–Kier alpha value is -1.33. The van der Waals surface area contributed by atoms with Crippen LogP contribution in [0.2, 0.25) is 0 Å². The van der Waals surface area contributed by atoms with Gasteiger partial charge in [-0.3, -0.25) is 0 Å². The minimum absolute atomic E-state index is 0.0316. The number of ether oxygens (including phenoxy) is 2. The summed E-state index contributed by atoms with van der Waals surface area (Å²) in [5, 5.41) is 9.63. The SMILES string of the molecule is COc1ccc(F)c(OC)c1[C@H](O)CN. The molecule has 4 nitrogen and oxygen atoms in total. The molecule has 0 heterocycles. The predicted molar refractivity (Wildman–Crippen MR) is 53.5 cm³/mol. The number of benzene rings is 1. The summed E-state index contributed by atoms with van der Waals surface area (Å²) in [6.45, 7) is -0.0316. The second-order valence-corrected chi connectivity index (χ2v) is 2.95. The second-order valence-electron chi connectivity index (χ2n) is 2.95. The molecule has 0 aliphatic carbocycles. The Bertz CT molecular complexity index is 344. The van der Waals surface area contributed by atoms with Crippen LogP contribution in [0.15, 0.2) is 12.1 Å². The van der Waals surface area contributed by atoms with E-state index >= 15 is 0 Å². The van der Waals surface area contributed by atoms with Crippen molar-refractivity contribution in [2.24, 2.45) is 5.73 Å². The third kappa shape index (κ3) is 2.19. The zero-order chi connectivity index (χ0) is 11.4. The van der Waals surface area contributed by atoms with Gasteiger partial charge < -0.3 is 20.3 Å². The van der Waals surface area contributed by atoms with Gasteiger partial charge in [0, 0.05) is 6.54 Å². The number of rotatable bonds is 4. The quantitative estimate of drug-likeness (QED) is 0.781. The van der Waals surface area contributed by atoms with Gasteiger partial charge in [-0.25, -0.2) is 4.39 Å². The van der Waals surface area contributed by atoms with Crippen LogP contribution in [0.4, 0.5) is 4.39 Å². The average molecular weight is 215 g/mol. The highest BCUT2D eigenvalue weighted by Gasteiger charge is 2.20. The van der Waals surface area contributed by atoms with Crippen LogP contribution in [0, 0.1) is 5.82 Å². The normalized spacial score (nSPS) is 12.3. The van der Waals surface area contributed by atoms with E-state index in [9.17, 15) is 9.50 Å². The van der Waals surface area contributed by atoms with Gasteiger partial charge in [0.25, 0.3) is 0 Å². The standard InChI is InChI=1S/C10H14FNO3/c1-14-8-4-3-6(11)10(15-2)9(8)7(13)5-12/h3-4,7,13H,5,12H2,1-2H3/t7-/m1/s1. The third-order valence-electron chi connectivity index (χ3n) is 2.09. The first-order chi connectivity index (χ1) is 7.15. The molecule has 0 saturated heterocycles. The van der Waals surface area contributed by atoms with Gasteiger partial charge >= 0.3 is 0 Å². The van der Waals surface area contributed by atoms with Crippen LogP contribution in [0.3, 0.4) is 0 Å². The van der Waals surface area contributed by atoms with E-state index in [1.54, 1.807) is 0 Å². The van der Waals surface area contributed by atoms with Crippen molar-refractivity contribution in [1.29, 1.82) is 0 Å². The highest BCUT2D eigenvalue weighted by Crippen LogP contribution is 2.35. The average Bonchev–Trinajstić information content (AvgIpc) is 2.27. The Morgan fingerprint density at radius 1 is 1.40 bits per heavy atom. The first kappa shape index (κ1) is 11.7. The second kappa shape index (κ2) is 4.95. The van der Waals surface area contributed by atoms with Crippen LogP contribution < -0.4 is 15.2 Å². The highest BCUT2D eigenvalue weighted by atomic mass is 19.1. The summed E-state index contributed by atoms with van der Waals surface area (Å²) >= 11 is 0. The molecule has 0 fully saturated rings. The van der Waals surface area contributed by atoms with Gasteiger partial charge in [0.05, 0.1) is 25.9 Å². The lowest BCUT2D eigenvalue weighted by Gasteiger charge is -2.17. The first-order valence-corrected chi connectivity index (χ1v) is 4.44. The molecule has 0 aliphatic rings. The van der Waals surface area contributed by atoms with E-state index in [1.807, 2.05) is 0 Å². The Kier molecular flexibility index (Phi) is 3.88. The number of nitrogens with two attached hydrogens (primary N) is 1. The van der Waals surface area contributed by atoms with Gasteiger partial charge in [0.1, 0.15) is 5.75 Å². The topological polar surface area (TPSA) is 64.7 Å². The summed E-state index contributed by atoms with van der Waals surface area (Å²) in [6.07, 6.45) is -1.01. The van der Waals surface area contributed by atoms with Gasteiger partial charge in [-0.2, -0.15) is 0 Å². The molecule has 0 aromatic heterocycles. The Morgan fingerprint density at radius 3 is 2.53 bits per heavy atom. The molecule has 0 aliphatic heterocycles. The van der Waals surface area contributed by atoms with Crippen LogP contribution >= 0.6 is 0 Å². The van der Waals surface area contributed by atoms with Gasteiger partial charge in [0.2, 0.25) is 0 Å². The molecule has 0 bridgehead atoms. The lowest BCUT2D eigenvalue weighted by atomic mass is 10.1. The number of hydrogen-bond donors (Lipinski definition) is 2. The Balaban J connectivity index is 3.33. The maximum atomic E-state index is 13.3. The van der Waals surface area contributed by atoms with E-state index in [0.29, 0.717) is 5.75 Å². The maximum absolute atomic E-state index is 13.3. The molecule has 84 valence electrons. The molecule has 5 heteroatoms. The summed E-state index contributed by atoms with van der Waals surface area (Å²) in [5.74, 6) is -0.237. The minimum atomic E-state index is -1.01. The molecule has 1 aromatic rings. The van der Waals surface area contributed by atoms with Crippen molar-refractivity contribution >= 4 is 0 Å². The van der Waals surface area contributed by atoms with Crippen LogP contribution in [0.5, 0.6) is 11.5 Å². The lowest BCUT2D eigenvalue weighted by molar-refractivity contribution is 0.176. The summed E-state index contributed by atoms with van der Waals surface area (Å²) in [4.78, 5) is 0. The number of halogens is 1. The summed E-state index contributed by atoms with van der Waals surface area (Å²) in [5.41, 5.74) is 5.56. The van der Waals surface area contributed by atoms with Crippen LogP contribution in [0.25, 0.3) is 0 Å². The van der Waals surface area contributed by atoms with Gasteiger partial charge in [-0.1, -0.05) is 0 Å². The Labute approximate surface area is 87.4 Å². The van der Waals surface area contributed by atoms with Crippen LogP contribution in [-0.2, 0) is 0 Å². The molecule has 0 unspecified atom stereocenters. The van der Waals surface area contributed by atoms with Crippen molar-refractivity contribution in [2.75, 3.05) is 20.8 Å². The molecule has 3 N–H and O–H groups in total. The molecule has 15 heavy (non-hydrogen) atoms. The van der Waals surface area contributed by atoms with E-state index in [2.05, 4.69) is 0 Å². The van der Waals surface area contributed by atoms with Crippen LogP contribution in [-0.4, -0.2) is 25.9 Å². The molecular weight excluding hydrogens is 201 g/mol. The maximum Gasteiger partial charge on any atom is 0.165 e. The largest absolute Gasteiger partial charge is 0.496 e. The molecule has 0 radical (unpaired) electrons. The number of methoxy groups -OCH3 is 2. The molecule has 0 spiro atoms. The lowest BCUT2D eigenvalue weighted by Crippen LogP contribution is -2.14. The summed E-state index contributed by atoms with van der Waals surface area (Å²) < 4.78 is 23.2. The molecule has 0 saturated carbocycles. The van der Waals surface area contributed by atoms with Crippen molar-refractivity contribution < 1.29 is 19.0 Å². The van der Waals surface area contributed by atoms with E-state index in [-0.39, 0.29) is 17.9 Å². The Morgan fingerprint density at radius 2 is 2.07 bits per heavy atom. The molecular formula is C10H14FNO3. The van der Waals surface area contributed by atoms with Crippen molar-refractivity contribution in [2.45, 2.75) is 6.10 Å². The van der Waals surface area contributed by atoms with Crippen molar-refractivity contribution in [1.82, 2.24) is 0 Å². The highest BCUT2D eigenvalue weighted by molar-refractivity contribution is 5.47. The molecule has 1 atom stereocenters. The smallest absolute Gasteiger partial charge is 0.165 e. The van der Waals surface area contributed by atoms with Crippen LogP contribution in [0.1, 0.15) is 11.7 Å². The van der Waals surface area contributed by atoms with Gasteiger partial charge in [-0.15, -0.1) is 0 Å². The third-order valence-corrected chi connectivity index (χ3v) is 2.09. The summed E-state index contributed by atoms with van der Waals surface area (Å²) in [7, 11) is 2.75. The van der Waals surface area contributed by atoms with Gasteiger partial charge in [0.15, 0.2) is 11.6 Å². The van der Waals surface area contributed by atoms with E-state index < -0.39 is 11.9 Å². The van der Waals surface area contributed by atoms with Gasteiger partial charge in [-0.05, 0) is 12.1 Å². The summed E-state index contributed by atoms with van der Waals surface area (Å²) in [6, 6.07) is 2.64. The zero-order valence-electron chi connectivity index (χ0n) is 8.66. The fourth-order valence-corrected chi connectivity index (χ4v) is 1.37. The monoisotopic (exact) mass is 215 g/mol. The first-order valence-electron chi connectivity index (χ1n) is 4.44. The van der Waals surface area contributed by atoms with E-state index in [4.69, 9.17) is 15.2 Å². The molecule has 0 amide bonds. The van der Waals surface area contributed by atoms with Crippen molar-refractivity contribution in [3.05, 3.63) is 23.5 Å². The fourth-order valence-electron chi connectivity index (χ4n) is 1.37. The minimum Gasteiger partial charge on any atom is -0.496 e. The number of aliphatic hydroxyl groups excluding tert-OH is 1. The predicted octanol–water partition coefficient (Wildman–Crippen LogP) is 0.835. The van der Waals surface area contributed by atoms with Crippen molar-refractivity contribution in [3.8, 4) is 11.5 Å². The van der Waals surface area contributed by atoms with Crippen molar-refractivity contribution in [3.63, 3.8) is 0 Å². The number of aliphatic hydroxyl groups is 1. The zero-order valence-corrected chi connectivity index (χ0v) is 8.66. The fraction of sp³-hybridized carbons (Fsp3) is 0.400. The van der Waals surface area contributed by atoms with E-state index in [1.165, 1.54) is 26.4 Å². The number of hydrogen-bond acceptors (Lipinski definition) is 4. The molecule has 1 rings (SSSR count). The van der Waals surface area contributed by atoms with E-state index in [0.717, 1.165) is 0 Å². The molecule has 1 aromatic carbocycles.